The number of methoxy groups -OCH3 is 1. The number of anilines is 1. The van der Waals surface area contributed by atoms with Gasteiger partial charge in [0.15, 0.2) is 6.10 Å². The van der Waals surface area contributed by atoms with E-state index in [4.69, 9.17) is 26.2 Å². The average molecular weight is 274 g/mol. The maximum atomic E-state index is 10.9. The Morgan fingerprint density at radius 2 is 2.44 bits per heavy atom. The lowest BCUT2D eigenvalue weighted by Crippen LogP contribution is -2.46. The van der Waals surface area contributed by atoms with Gasteiger partial charge in [0.25, 0.3) is 0 Å². The van der Waals surface area contributed by atoms with E-state index in [0.717, 1.165) is 0 Å². The number of morpholine rings is 1. The van der Waals surface area contributed by atoms with Crippen LogP contribution in [0.25, 0.3) is 0 Å². The Bertz CT molecular complexity index is 457. The Morgan fingerprint density at radius 1 is 1.67 bits per heavy atom. The van der Waals surface area contributed by atoms with E-state index in [2.05, 4.69) is 9.97 Å². The van der Waals surface area contributed by atoms with Crippen molar-refractivity contribution in [1.82, 2.24) is 9.97 Å². The second-order valence-corrected chi connectivity index (χ2v) is 4.07. The summed E-state index contributed by atoms with van der Waals surface area (Å²) in [5.74, 6) is -0.465. The number of halogens is 1. The quantitative estimate of drug-likeness (QED) is 0.799. The van der Waals surface area contributed by atoms with E-state index in [1.54, 1.807) is 11.0 Å². The molecule has 18 heavy (non-hydrogen) atoms. The van der Waals surface area contributed by atoms with Gasteiger partial charge in [-0.3, -0.25) is 0 Å². The fourth-order valence-corrected chi connectivity index (χ4v) is 1.82. The molecule has 1 aliphatic heterocycles. The predicted molar refractivity (Wildman–Crippen MR) is 63.2 cm³/mol. The molecule has 0 spiro atoms. The summed E-state index contributed by atoms with van der Waals surface area (Å²) < 4.78 is 10.0. The van der Waals surface area contributed by atoms with Crippen LogP contribution in [0.5, 0.6) is 6.01 Å². The highest BCUT2D eigenvalue weighted by Crippen LogP contribution is 2.21. The first-order chi connectivity index (χ1) is 8.60. The van der Waals surface area contributed by atoms with Crippen LogP contribution in [-0.2, 0) is 9.53 Å². The third-order valence-corrected chi connectivity index (χ3v) is 2.70. The van der Waals surface area contributed by atoms with Crippen molar-refractivity contribution < 1.29 is 19.4 Å². The van der Waals surface area contributed by atoms with Gasteiger partial charge in [0.05, 0.1) is 20.3 Å². The van der Waals surface area contributed by atoms with Crippen molar-refractivity contribution >= 4 is 23.4 Å². The lowest BCUT2D eigenvalue weighted by atomic mass is 10.2. The Balaban J connectivity index is 2.20. The Morgan fingerprint density at radius 3 is 3.11 bits per heavy atom. The van der Waals surface area contributed by atoms with E-state index in [1.807, 2.05) is 0 Å². The summed E-state index contributed by atoms with van der Waals surface area (Å²) in [5.41, 5.74) is 0. The first-order valence-corrected chi connectivity index (χ1v) is 5.66. The highest BCUT2D eigenvalue weighted by molar-refractivity contribution is 6.29. The van der Waals surface area contributed by atoms with E-state index in [-0.39, 0.29) is 17.7 Å². The zero-order valence-electron chi connectivity index (χ0n) is 9.67. The number of hydrogen-bond donors (Lipinski definition) is 1. The second-order valence-electron chi connectivity index (χ2n) is 3.68. The van der Waals surface area contributed by atoms with E-state index in [9.17, 15) is 4.79 Å². The van der Waals surface area contributed by atoms with Gasteiger partial charge in [0, 0.05) is 12.6 Å². The highest BCUT2D eigenvalue weighted by atomic mass is 35.5. The molecule has 2 rings (SSSR count). The van der Waals surface area contributed by atoms with Gasteiger partial charge in [-0.15, -0.1) is 0 Å². The summed E-state index contributed by atoms with van der Waals surface area (Å²) in [6.45, 7) is 1.08. The highest BCUT2D eigenvalue weighted by Gasteiger charge is 2.27. The molecule has 0 aliphatic carbocycles. The minimum absolute atomic E-state index is 0.149. The maximum absolute atomic E-state index is 10.9. The summed E-state index contributed by atoms with van der Waals surface area (Å²) in [6, 6.07) is 1.71. The summed E-state index contributed by atoms with van der Waals surface area (Å²) in [4.78, 5) is 20.7. The second kappa shape index (κ2) is 5.36. The number of carbonyl (C=O) groups is 1. The van der Waals surface area contributed by atoms with Crippen molar-refractivity contribution in [3.05, 3.63) is 11.2 Å². The smallest absolute Gasteiger partial charge is 0.334 e. The topological polar surface area (TPSA) is 84.8 Å². The average Bonchev–Trinajstić information content (AvgIpc) is 2.38. The van der Waals surface area contributed by atoms with Crippen molar-refractivity contribution in [2.75, 3.05) is 31.7 Å². The molecule has 0 radical (unpaired) electrons. The molecule has 1 N–H and O–H groups in total. The van der Waals surface area contributed by atoms with Gasteiger partial charge in [-0.1, -0.05) is 11.6 Å². The van der Waals surface area contributed by atoms with Crippen LogP contribution in [0.1, 0.15) is 0 Å². The largest absolute Gasteiger partial charge is 0.479 e. The Hall–Kier alpha value is -1.60. The van der Waals surface area contributed by atoms with Gasteiger partial charge in [-0.25, -0.2) is 4.79 Å². The molecule has 1 saturated heterocycles. The first-order valence-electron chi connectivity index (χ1n) is 5.28. The molecule has 7 nitrogen and oxygen atoms in total. The Labute approximate surface area is 108 Å². The molecule has 0 bridgehead atoms. The lowest BCUT2D eigenvalue weighted by molar-refractivity contribution is -0.150. The molecule has 1 fully saturated rings. The molecule has 0 aromatic carbocycles. The number of ether oxygens (including phenoxy) is 2. The number of rotatable bonds is 3. The monoisotopic (exact) mass is 273 g/mol. The van der Waals surface area contributed by atoms with Gasteiger partial charge < -0.3 is 19.5 Å². The van der Waals surface area contributed by atoms with Crippen LogP contribution < -0.4 is 9.64 Å². The van der Waals surface area contributed by atoms with Gasteiger partial charge in [0.1, 0.15) is 11.0 Å². The van der Waals surface area contributed by atoms with Gasteiger partial charge in [0.2, 0.25) is 0 Å². The van der Waals surface area contributed by atoms with Crippen molar-refractivity contribution in [1.29, 1.82) is 0 Å². The van der Waals surface area contributed by atoms with E-state index < -0.39 is 12.1 Å². The van der Waals surface area contributed by atoms with Crippen LogP contribution >= 0.6 is 11.6 Å². The van der Waals surface area contributed by atoms with Crippen LogP contribution in [0.2, 0.25) is 5.15 Å². The van der Waals surface area contributed by atoms with Crippen LogP contribution in [0.4, 0.5) is 5.82 Å². The van der Waals surface area contributed by atoms with Gasteiger partial charge >= 0.3 is 12.0 Å². The molecule has 1 aliphatic rings. The van der Waals surface area contributed by atoms with Crippen molar-refractivity contribution in [2.45, 2.75) is 6.10 Å². The molecular weight excluding hydrogens is 262 g/mol. The van der Waals surface area contributed by atoms with Crippen molar-refractivity contribution in [3.63, 3.8) is 0 Å². The molecule has 8 heteroatoms. The minimum Gasteiger partial charge on any atom is -0.479 e. The number of aromatic nitrogens is 2. The number of aliphatic carboxylic acids is 1. The third-order valence-electron chi connectivity index (χ3n) is 2.51. The molecule has 0 amide bonds. The normalized spacial score (nSPS) is 19.7. The standard InChI is InChI=1S/C10H12ClN3O4/c1-17-10-12-7(11)4-8(13-10)14-2-3-18-6(5-14)9(15)16/h4,6H,2-3,5H2,1H3,(H,15,16)/t6-/m1/s1. The Kier molecular flexibility index (Phi) is 3.83. The van der Waals surface area contributed by atoms with Crippen LogP contribution in [0, 0.1) is 0 Å². The maximum Gasteiger partial charge on any atom is 0.334 e. The molecule has 2 heterocycles. The van der Waals surface area contributed by atoms with E-state index in [0.29, 0.717) is 19.0 Å². The number of carboxylic acids is 1. The van der Waals surface area contributed by atoms with Crippen LogP contribution in [0.15, 0.2) is 6.07 Å². The minimum atomic E-state index is -0.994. The molecule has 1 aromatic heterocycles. The molecule has 1 atom stereocenters. The molecule has 98 valence electrons. The third kappa shape index (κ3) is 2.80. The molecular formula is C10H12ClN3O4. The predicted octanol–water partition coefficient (Wildman–Crippen LogP) is 0.428. The number of hydrogen-bond acceptors (Lipinski definition) is 6. The summed E-state index contributed by atoms with van der Waals surface area (Å²) >= 11 is 5.84. The molecule has 0 saturated carbocycles. The number of carboxylic acid groups (broad SMARTS) is 1. The van der Waals surface area contributed by atoms with Gasteiger partial charge in [-0.2, -0.15) is 9.97 Å². The fraction of sp³-hybridized carbons (Fsp3) is 0.500. The van der Waals surface area contributed by atoms with E-state index in [1.165, 1.54) is 7.11 Å². The first kappa shape index (κ1) is 12.8. The van der Waals surface area contributed by atoms with Crippen LogP contribution in [-0.4, -0.2) is 54.0 Å². The molecule has 1 aromatic rings. The zero-order chi connectivity index (χ0) is 13.1. The summed E-state index contributed by atoms with van der Waals surface area (Å²) in [5, 5.41) is 9.17. The fourth-order valence-electron chi connectivity index (χ4n) is 1.65. The summed E-state index contributed by atoms with van der Waals surface area (Å²) in [6.07, 6.45) is -0.863. The summed E-state index contributed by atoms with van der Waals surface area (Å²) in [7, 11) is 1.44. The SMILES string of the molecule is COc1nc(Cl)cc(N2CCO[C@@H](C(=O)O)C2)n1. The van der Waals surface area contributed by atoms with Crippen LogP contribution in [0.3, 0.4) is 0 Å². The zero-order valence-corrected chi connectivity index (χ0v) is 10.4. The van der Waals surface area contributed by atoms with Crippen molar-refractivity contribution in [3.8, 4) is 6.01 Å². The molecule has 0 unspecified atom stereocenters. The van der Waals surface area contributed by atoms with E-state index >= 15 is 0 Å². The lowest BCUT2D eigenvalue weighted by Gasteiger charge is -2.31. The number of nitrogens with zero attached hydrogens (tertiary/aromatic N) is 3. The van der Waals surface area contributed by atoms with Gasteiger partial charge in [-0.05, 0) is 0 Å². The van der Waals surface area contributed by atoms with Crippen molar-refractivity contribution in [2.24, 2.45) is 0 Å².